The highest BCUT2D eigenvalue weighted by molar-refractivity contribution is 6.32. The van der Waals surface area contributed by atoms with Crippen LogP contribution in [0.15, 0.2) is 30.3 Å². The highest BCUT2D eigenvalue weighted by Crippen LogP contribution is 2.50. The minimum absolute atomic E-state index is 0.00403. The van der Waals surface area contributed by atoms with Crippen LogP contribution in [0.5, 0.6) is 11.5 Å². The molecule has 6 heteroatoms. The molecule has 2 aliphatic rings. The van der Waals surface area contributed by atoms with Gasteiger partial charge in [0.25, 0.3) is 0 Å². The number of nitrogens with one attached hydrogen (secondary N) is 1. The first-order valence-corrected chi connectivity index (χ1v) is 10.3. The lowest BCUT2D eigenvalue weighted by atomic mass is 9.77. The summed E-state index contributed by atoms with van der Waals surface area (Å²) in [5.41, 5.74) is 2.81. The van der Waals surface area contributed by atoms with Crippen LogP contribution < -0.4 is 14.8 Å². The standard InChI is InChI=1S/C22H25ClFNO3/c1-3-26-19-11-13(10-17(23)22(19)27-4-2)20-15-6-5-9-28-21(15)16-12-14(24)7-8-18(16)25-20/h7-8,10-12,15,20-21,25H,3-6,9H2,1-2H3/t15-,20-,21-/m0/s1. The molecular formula is C22H25ClFNO3. The van der Waals surface area contributed by atoms with Gasteiger partial charge in [0.15, 0.2) is 11.5 Å². The summed E-state index contributed by atoms with van der Waals surface area (Å²) in [6.07, 6.45) is 1.84. The van der Waals surface area contributed by atoms with Crippen molar-refractivity contribution in [1.29, 1.82) is 0 Å². The molecule has 3 atom stereocenters. The Morgan fingerprint density at radius 3 is 2.79 bits per heavy atom. The number of rotatable bonds is 5. The van der Waals surface area contributed by atoms with Gasteiger partial charge in [0, 0.05) is 23.8 Å². The van der Waals surface area contributed by atoms with Crippen molar-refractivity contribution in [2.75, 3.05) is 25.1 Å². The Labute approximate surface area is 169 Å². The van der Waals surface area contributed by atoms with E-state index in [-0.39, 0.29) is 23.9 Å². The van der Waals surface area contributed by atoms with Crippen molar-refractivity contribution < 1.29 is 18.6 Å². The zero-order valence-electron chi connectivity index (χ0n) is 16.1. The van der Waals surface area contributed by atoms with Gasteiger partial charge in [0.2, 0.25) is 0 Å². The van der Waals surface area contributed by atoms with Crippen molar-refractivity contribution in [1.82, 2.24) is 0 Å². The minimum Gasteiger partial charge on any atom is -0.490 e. The summed E-state index contributed by atoms with van der Waals surface area (Å²) in [7, 11) is 0. The van der Waals surface area contributed by atoms with Crippen molar-refractivity contribution >= 4 is 17.3 Å². The second-order valence-electron chi connectivity index (χ2n) is 7.15. The fourth-order valence-corrected chi connectivity index (χ4v) is 4.56. The summed E-state index contributed by atoms with van der Waals surface area (Å²) in [6.45, 7) is 5.58. The first-order valence-electron chi connectivity index (χ1n) is 9.89. The van der Waals surface area contributed by atoms with Gasteiger partial charge in [-0.1, -0.05) is 11.6 Å². The third-order valence-corrected chi connectivity index (χ3v) is 5.69. The van der Waals surface area contributed by atoms with Gasteiger partial charge in [-0.05, 0) is 62.6 Å². The Morgan fingerprint density at radius 1 is 1.18 bits per heavy atom. The molecule has 28 heavy (non-hydrogen) atoms. The molecule has 0 aromatic heterocycles. The monoisotopic (exact) mass is 405 g/mol. The van der Waals surface area contributed by atoms with E-state index in [0.717, 1.165) is 29.7 Å². The van der Waals surface area contributed by atoms with Gasteiger partial charge in [0.1, 0.15) is 5.82 Å². The number of fused-ring (bicyclic) bond motifs is 3. The third kappa shape index (κ3) is 3.53. The van der Waals surface area contributed by atoms with Crippen molar-refractivity contribution in [2.45, 2.75) is 38.8 Å². The van der Waals surface area contributed by atoms with Crippen LogP contribution in [0.2, 0.25) is 5.02 Å². The number of benzene rings is 2. The van der Waals surface area contributed by atoms with Crippen LogP contribution in [0, 0.1) is 11.7 Å². The maximum atomic E-state index is 13.8. The van der Waals surface area contributed by atoms with Crippen LogP contribution in [-0.4, -0.2) is 19.8 Å². The maximum absolute atomic E-state index is 13.8. The lowest BCUT2D eigenvalue weighted by Gasteiger charge is -2.43. The van der Waals surface area contributed by atoms with E-state index in [1.807, 2.05) is 26.0 Å². The van der Waals surface area contributed by atoms with Crippen molar-refractivity contribution in [2.24, 2.45) is 5.92 Å². The summed E-state index contributed by atoms with van der Waals surface area (Å²) in [5, 5.41) is 4.12. The lowest BCUT2D eigenvalue weighted by Crippen LogP contribution is -2.36. The Bertz CT molecular complexity index is 860. The van der Waals surface area contributed by atoms with E-state index in [1.165, 1.54) is 6.07 Å². The zero-order valence-corrected chi connectivity index (χ0v) is 16.9. The molecule has 0 unspecified atom stereocenters. The van der Waals surface area contributed by atoms with E-state index < -0.39 is 0 Å². The van der Waals surface area contributed by atoms with E-state index in [2.05, 4.69) is 5.32 Å². The molecule has 1 saturated heterocycles. The minimum atomic E-state index is -0.241. The Morgan fingerprint density at radius 2 is 2.00 bits per heavy atom. The van der Waals surface area contributed by atoms with Gasteiger partial charge >= 0.3 is 0 Å². The molecule has 0 saturated carbocycles. The molecule has 2 aromatic rings. The summed E-state index contributed by atoms with van der Waals surface area (Å²) < 4.78 is 31.4. The van der Waals surface area contributed by atoms with Gasteiger partial charge in [-0.3, -0.25) is 0 Å². The first-order chi connectivity index (χ1) is 13.6. The maximum Gasteiger partial charge on any atom is 0.179 e. The molecular weight excluding hydrogens is 381 g/mol. The number of hydrogen-bond donors (Lipinski definition) is 1. The molecule has 0 amide bonds. The van der Waals surface area contributed by atoms with Gasteiger partial charge in [-0.2, -0.15) is 0 Å². The number of hydrogen-bond acceptors (Lipinski definition) is 4. The first kappa shape index (κ1) is 19.3. The van der Waals surface area contributed by atoms with Crippen molar-refractivity contribution in [3.63, 3.8) is 0 Å². The Hall–Kier alpha value is -1.98. The molecule has 0 bridgehead atoms. The SMILES string of the molecule is CCOc1cc([C@@H]2Nc3ccc(F)cc3[C@H]3OCCC[C@H]32)cc(Cl)c1OCC. The lowest BCUT2D eigenvalue weighted by molar-refractivity contribution is -0.0383. The zero-order chi connectivity index (χ0) is 19.7. The Kier molecular flexibility index (Phi) is 5.65. The summed E-state index contributed by atoms with van der Waals surface area (Å²) in [5.74, 6) is 1.16. The predicted octanol–water partition coefficient (Wildman–Crippen LogP) is 5.91. The summed E-state index contributed by atoms with van der Waals surface area (Å²) in [6, 6.07) is 8.77. The molecule has 150 valence electrons. The second-order valence-corrected chi connectivity index (χ2v) is 7.55. The molecule has 4 nitrogen and oxygen atoms in total. The van der Waals surface area contributed by atoms with Gasteiger partial charge in [-0.25, -0.2) is 4.39 Å². The van der Waals surface area contributed by atoms with Crippen LogP contribution >= 0.6 is 11.6 Å². The highest BCUT2D eigenvalue weighted by atomic mass is 35.5. The average molecular weight is 406 g/mol. The van der Waals surface area contributed by atoms with Gasteiger partial charge < -0.3 is 19.5 Å². The smallest absolute Gasteiger partial charge is 0.179 e. The molecule has 1 N–H and O–H groups in total. The van der Waals surface area contributed by atoms with Gasteiger partial charge in [-0.15, -0.1) is 0 Å². The van der Waals surface area contributed by atoms with E-state index in [4.69, 9.17) is 25.8 Å². The molecule has 0 aliphatic carbocycles. The molecule has 2 heterocycles. The molecule has 0 radical (unpaired) electrons. The third-order valence-electron chi connectivity index (χ3n) is 5.41. The fraction of sp³-hybridized carbons (Fsp3) is 0.455. The number of ether oxygens (including phenoxy) is 3. The normalized spacial score (nSPS) is 23.4. The number of anilines is 1. The Balaban J connectivity index is 1.76. The average Bonchev–Trinajstić information content (AvgIpc) is 2.70. The molecule has 0 spiro atoms. The van der Waals surface area contributed by atoms with E-state index in [9.17, 15) is 4.39 Å². The quantitative estimate of drug-likeness (QED) is 0.671. The van der Waals surface area contributed by atoms with E-state index in [0.29, 0.717) is 36.3 Å². The van der Waals surface area contributed by atoms with Crippen LogP contribution in [0.1, 0.15) is 50.0 Å². The van der Waals surface area contributed by atoms with Gasteiger partial charge in [0.05, 0.1) is 30.4 Å². The predicted molar refractivity (Wildman–Crippen MR) is 108 cm³/mol. The molecule has 2 aliphatic heterocycles. The fourth-order valence-electron chi connectivity index (χ4n) is 4.29. The highest BCUT2D eigenvalue weighted by Gasteiger charge is 2.40. The molecule has 4 rings (SSSR count). The largest absolute Gasteiger partial charge is 0.490 e. The second kappa shape index (κ2) is 8.18. The summed E-state index contributed by atoms with van der Waals surface area (Å²) in [4.78, 5) is 0. The summed E-state index contributed by atoms with van der Waals surface area (Å²) >= 11 is 6.55. The number of halogens is 2. The van der Waals surface area contributed by atoms with E-state index >= 15 is 0 Å². The van der Waals surface area contributed by atoms with Crippen LogP contribution in [0.3, 0.4) is 0 Å². The van der Waals surface area contributed by atoms with E-state index in [1.54, 1.807) is 12.1 Å². The topological polar surface area (TPSA) is 39.7 Å². The van der Waals surface area contributed by atoms with Crippen LogP contribution in [0.25, 0.3) is 0 Å². The molecule has 2 aromatic carbocycles. The van der Waals surface area contributed by atoms with Crippen LogP contribution in [-0.2, 0) is 4.74 Å². The molecule has 1 fully saturated rings. The van der Waals surface area contributed by atoms with Crippen molar-refractivity contribution in [3.8, 4) is 11.5 Å². The van der Waals surface area contributed by atoms with Crippen molar-refractivity contribution in [3.05, 3.63) is 52.3 Å². The van der Waals surface area contributed by atoms with Crippen LogP contribution in [0.4, 0.5) is 10.1 Å².